The zero-order chi connectivity index (χ0) is 19.3. The summed E-state index contributed by atoms with van der Waals surface area (Å²) < 4.78 is 33.9. The number of hydrogen-bond acceptors (Lipinski definition) is 6. The van der Waals surface area contributed by atoms with Crippen molar-refractivity contribution in [2.45, 2.75) is 36.4 Å². The van der Waals surface area contributed by atoms with Crippen molar-refractivity contribution in [3.63, 3.8) is 0 Å². The van der Waals surface area contributed by atoms with Gasteiger partial charge in [-0.15, -0.1) is 0 Å². The molecule has 2 aliphatic heterocycles. The summed E-state index contributed by atoms with van der Waals surface area (Å²) in [4.78, 5) is 14.4. The van der Waals surface area contributed by atoms with Crippen LogP contribution in [0.5, 0.6) is 0 Å². The summed E-state index contributed by atoms with van der Waals surface area (Å²) in [6, 6.07) is 6.38. The van der Waals surface area contributed by atoms with Gasteiger partial charge in [0, 0.05) is 45.4 Å². The van der Waals surface area contributed by atoms with Crippen molar-refractivity contribution in [2.24, 2.45) is 5.14 Å². The van der Waals surface area contributed by atoms with E-state index in [-0.39, 0.29) is 16.6 Å². The number of amides is 1. The molecule has 0 atom stereocenters. The monoisotopic (exact) mass is 397 g/mol. The summed E-state index contributed by atoms with van der Waals surface area (Å²) in [6.45, 7) is 4.34. The maximum Gasteiger partial charge on any atom is 0.238 e. The number of carbonyl (C=O) groups excluding carboxylic acids is 1. The maximum atomic E-state index is 12.0. The number of piperidine rings is 1. The van der Waals surface area contributed by atoms with Crippen LogP contribution in [-0.4, -0.2) is 64.4 Å². The first-order valence-corrected chi connectivity index (χ1v) is 10.8. The normalized spacial score (nSPS) is 20.0. The molecule has 8 nitrogen and oxygen atoms in total. The Kier molecular flexibility index (Phi) is 6.48. The van der Waals surface area contributed by atoms with Gasteiger partial charge in [0.15, 0.2) is 5.79 Å². The van der Waals surface area contributed by atoms with E-state index >= 15 is 0 Å². The van der Waals surface area contributed by atoms with E-state index in [9.17, 15) is 13.2 Å². The number of nitrogens with two attached hydrogens (primary N) is 1. The van der Waals surface area contributed by atoms with Crippen molar-refractivity contribution in [2.75, 3.05) is 39.4 Å². The predicted octanol–water partition coefficient (Wildman–Crippen LogP) is 0.222. The fourth-order valence-corrected chi connectivity index (χ4v) is 3.96. The lowest BCUT2D eigenvalue weighted by atomic mass is 10.0. The van der Waals surface area contributed by atoms with Crippen molar-refractivity contribution in [1.29, 1.82) is 0 Å². The number of primary sulfonamides is 1. The molecular formula is C18H27N3O5S. The first-order chi connectivity index (χ1) is 12.9. The third-order valence-electron chi connectivity index (χ3n) is 5.07. The van der Waals surface area contributed by atoms with Gasteiger partial charge < -0.3 is 19.7 Å². The minimum atomic E-state index is -3.67. The molecule has 2 saturated heterocycles. The van der Waals surface area contributed by atoms with Gasteiger partial charge in [0.25, 0.3) is 0 Å². The molecular weight excluding hydrogens is 370 g/mol. The van der Waals surface area contributed by atoms with Crippen LogP contribution in [0.25, 0.3) is 0 Å². The molecule has 1 spiro atoms. The molecule has 2 fully saturated rings. The molecule has 27 heavy (non-hydrogen) atoms. The Morgan fingerprint density at radius 3 is 2.37 bits per heavy atom. The number of ether oxygens (including phenoxy) is 2. The Morgan fingerprint density at radius 1 is 1.15 bits per heavy atom. The highest BCUT2D eigenvalue weighted by molar-refractivity contribution is 7.89. The summed E-state index contributed by atoms with van der Waals surface area (Å²) >= 11 is 0. The molecule has 0 radical (unpaired) electrons. The van der Waals surface area contributed by atoms with Gasteiger partial charge in [0.2, 0.25) is 15.9 Å². The minimum absolute atomic E-state index is 0.0183. The first kappa shape index (κ1) is 20.2. The van der Waals surface area contributed by atoms with Crippen LogP contribution in [0.4, 0.5) is 0 Å². The second-order valence-corrected chi connectivity index (χ2v) is 8.55. The van der Waals surface area contributed by atoms with Crippen molar-refractivity contribution >= 4 is 15.9 Å². The maximum absolute atomic E-state index is 12.0. The van der Waals surface area contributed by atoms with E-state index in [0.29, 0.717) is 32.6 Å². The average Bonchev–Trinajstić information content (AvgIpc) is 3.09. The summed E-state index contributed by atoms with van der Waals surface area (Å²) in [6.07, 6.45) is 2.79. The Labute approximate surface area is 160 Å². The largest absolute Gasteiger partial charge is 0.356 e. The lowest BCUT2D eigenvalue weighted by Gasteiger charge is -2.37. The van der Waals surface area contributed by atoms with Crippen LogP contribution >= 0.6 is 0 Å². The van der Waals surface area contributed by atoms with Crippen LogP contribution in [0.15, 0.2) is 29.2 Å². The number of benzene rings is 1. The number of rotatable bonds is 7. The standard InChI is InChI=1S/C18H27N3O5S/c19-27(23,24)16-3-1-15(2-4-16)5-9-20-17(22)6-10-21-11-7-18(8-12-21)25-13-14-26-18/h1-4H,5-14H2,(H,20,22)(H2,19,23,24). The quantitative estimate of drug-likeness (QED) is 0.681. The highest BCUT2D eigenvalue weighted by Crippen LogP contribution is 2.31. The predicted molar refractivity (Wildman–Crippen MR) is 99.5 cm³/mol. The van der Waals surface area contributed by atoms with E-state index in [0.717, 1.165) is 38.0 Å². The molecule has 0 saturated carbocycles. The number of likely N-dealkylation sites (tertiary alicyclic amines) is 1. The van der Waals surface area contributed by atoms with Gasteiger partial charge in [-0.05, 0) is 24.1 Å². The van der Waals surface area contributed by atoms with Gasteiger partial charge in [0.1, 0.15) is 0 Å². The van der Waals surface area contributed by atoms with Crippen LogP contribution in [0.1, 0.15) is 24.8 Å². The van der Waals surface area contributed by atoms with Gasteiger partial charge >= 0.3 is 0 Å². The fourth-order valence-electron chi connectivity index (χ4n) is 3.44. The van der Waals surface area contributed by atoms with Crippen LogP contribution in [0.3, 0.4) is 0 Å². The second kappa shape index (κ2) is 8.66. The molecule has 1 aromatic carbocycles. The van der Waals surface area contributed by atoms with Crippen LogP contribution in [-0.2, 0) is 30.7 Å². The molecule has 9 heteroatoms. The Morgan fingerprint density at radius 2 is 1.78 bits per heavy atom. The fraction of sp³-hybridized carbons (Fsp3) is 0.611. The summed E-state index contributed by atoms with van der Waals surface area (Å²) in [5, 5.41) is 7.98. The Bertz CT molecular complexity index is 735. The summed E-state index contributed by atoms with van der Waals surface area (Å²) in [7, 11) is -3.67. The van der Waals surface area contributed by atoms with Crippen molar-refractivity contribution in [3.05, 3.63) is 29.8 Å². The number of hydrogen-bond donors (Lipinski definition) is 2. The average molecular weight is 397 g/mol. The molecule has 1 aromatic rings. The molecule has 0 aliphatic carbocycles. The van der Waals surface area contributed by atoms with Crippen molar-refractivity contribution < 1.29 is 22.7 Å². The molecule has 2 aliphatic rings. The number of sulfonamides is 1. The van der Waals surface area contributed by atoms with E-state index in [2.05, 4.69) is 10.2 Å². The number of carbonyl (C=O) groups is 1. The molecule has 0 bridgehead atoms. The molecule has 3 N–H and O–H groups in total. The van der Waals surface area contributed by atoms with E-state index < -0.39 is 10.0 Å². The number of nitrogens with one attached hydrogen (secondary N) is 1. The summed E-state index contributed by atoms with van der Waals surface area (Å²) in [5.74, 6) is -0.359. The molecule has 0 aromatic heterocycles. The van der Waals surface area contributed by atoms with E-state index in [1.54, 1.807) is 12.1 Å². The Hall–Kier alpha value is -1.52. The van der Waals surface area contributed by atoms with Crippen molar-refractivity contribution in [1.82, 2.24) is 10.2 Å². The third kappa shape index (κ3) is 5.73. The van der Waals surface area contributed by atoms with E-state index in [4.69, 9.17) is 14.6 Å². The molecule has 0 unspecified atom stereocenters. The summed E-state index contributed by atoms with van der Waals surface area (Å²) in [5.41, 5.74) is 0.945. The van der Waals surface area contributed by atoms with E-state index in [1.165, 1.54) is 12.1 Å². The lowest BCUT2D eigenvalue weighted by molar-refractivity contribution is -0.185. The SMILES string of the molecule is NS(=O)(=O)c1ccc(CCNC(=O)CCN2CCC3(CC2)OCCO3)cc1. The lowest BCUT2D eigenvalue weighted by Crippen LogP contribution is -2.46. The minimum Gasteiger partial charge on any atom is -0.356 e. The van der Waals surface area contributed by atoms with Gasteiger partial charge in [-0.1, -0.05) is 12.1 Å². The first-order valence-electron chi connectivity index (χ1n) is 9.25. The molecule has 1 amide bonds. The smallest absolute Gasteiger partial charge is 0.238 e. The zero-order valence-corrected chi connectivity index (χ0v) is 16.2. The van der Waals surface area contributed by atoms with Gasteiger partial charge in [0.05, 0.1) is 18.1 Å². The highest BCUT2D eigenvalue weighted by atomic mass is 32.2. The van der Waals surface area contributed by atoms with E-state index in [1.807, 2.05) is 0 Å². The molecule has 150 valence electrons. The van der Waals surface area contributed by atoms with Gasteiger partial charge in [-0.2, -0.15) is 0 Å². The van der Waals surface area contributed by atoms with Crippen LogP contribution < -0.4 is 10.5 Å². The van der Waals surface area contributed by atoms with Crippen molar-refractivity contribution in [3.8, 4) is 0 Å². The third-order valence-corrected chi connectivity index (χ3v) is 6.00. The second-order valence-electron chi connectivity index (χ2n) is 6.99. The zero-order valence-electron chi connectivity index (χ0n) is 15.4. The topological polar surface area (TPSA) is 111 Å². The molecule has 3 rings (SSSR count). The highest BCUT2D eigenvalue weighted by Gasteiger charge is 2.39. The Balaban J connectivity index is 1.32. The van der Waals surface area contributed by atoms with Crippen LogP contribution in [0, 0.1) is 0 Å². The van der Waals surface area contributed by atoms with Crippen LogP contribution in [0.2, 0.25) is 0 Å². The van der Waals surface area contributed by atoms with Gasteiger partial charge in [-0.25, -0.2) is 13.6 Å². The van der Waals surface area contributed by atoms with Gasteiger partial charge in [-0.3, -0.25) is 4.79 Å². The number of nitrogens with zero attached hydrogens (tertiary/aromatic N) is 1. The molecule has 2 heterocycles.